The van der Waals surface area contributed by atoms with Gasteiger partial charge in [-0.05, 0) is 67.7 Å². The Bertz CT molecular complexity index is 1320. The predicted molar refractivity (Wildman–Crippen MR) is 131 cm³/mol. The van der Waals surface area contributed by atoms with Crippen molar-refractivity contribution in [1.82, 2.24) is 9.88 Å². The lowest BCUT2D eigenvalue weighted by molar-refractivity contribution is -0.110. The summed E-state index contributed by atoms with van der Waals surface area (Å²) < 4.78 is 5.85. The van der Waals surface area contributed by atoms with Crippen LogP contribution in [0, 0.1) is 0 Å². The lowest BCUT2D eigenvalue weighted by Crippen LogP contribution is -2.19. The molecule has 32 heavy (non-hydrogen) atoms. The number of ether oxygens (including phenoxy) is 1. The molecule has 5 rings (SSSR count). The molecule has 0 saturated carbocycles. The van der Waals surface area contributed by atoms with Gasteiger partial charge in [-0.25, -0.2) is 0 Å². The van der Waals surface area contributed by atoms with Crippen LogP contribution < -0.4 is 10.1 Å². The number of rotatable bonds is 6. The number of nitrogens with one attached hydrogen (secondary N) is 2. The molecule has 3 aromatic carbocycles. The SMILES string of the molecule is CN(C)CCOc1ccc2[nH]c(C=C3C(=O)Nc4ccc(-c5ccccc5)cc43)cc2c1. The summed E-state index contributed by atoms with van der Waals surface area (Å²) in [5, 5.41) is 4.03. The topological polar surface area (TPSA) is 57.4 Å². The second-order valence-electron chi connectivity index (χ2n) is 8.26. The Morgan fingerprint density at radius 1 is 0.938 bits per heavy atom. The maximum atomic E-state index is 12.7. The molecule has 5 nitrogen and oxygen atoms in total. The van der Waals surface area contributed by atoms with E-state index < -0.39 is 0 Å². The van der Waals surface area contributed by atoms with Crippen LogP contribution >= 0.6 is 0 Å². The molecule has 0 saturated heterocycles. The fourth-order valence-corrected chi connectivity index (χ4v) is 3.94. The Balaban J connectivity index is 1.45. The van der Waals surface area contributed by atoms with Gasteiger partial charge in [0.05, 0.1) is 5.57 Å². The van der Waals surface area contributed by atoms with Crippen LogP contribution in [-0.4, -0.2) is 43.0 Å². The van der Waals surface area contributed by atoms with Crippen molar-refractivity contribution in [2.24, 2.45) is 0 Å². The zero-order valence-corrected chi connectivity index (χ0v) is 18.2. The predicted octanol–water partition coefficient (Wildman–Crippen LogP) is 5.27. The maximum Gasteiger partial charge on any atom is 0.256 e. The van der Waals surface area contributed by atoms with E-state index in [0.717, 1.165) is 51.3 Å². The third kappa shape index (κ3) is 4.03. The van der Waals surface area contributed by atoms with Gasteiger partial charge in [-0.15, -0.1) is 0 Å². The second kappa shape index (κ2) is 8.36. The molecule has 1 aliphatic rings. The number of H-pyrrole nitrogens is 1. The van der Waals surface area contributed by atoms with Gasteiger partial charge in [0.25, 0.3) is 5.91 Å². The van der Waals surface area contributed by atoms with Gasteiger partial charge >= 0.3 is 0 Å². The highest BCUT2D eigenvalue weighted by molar-refractivity contribution is 6.35. The fraction of sp³-hybridized carbons (Fsp3) is 0.148. The number of anilines is 1. The number of carbonyl (C=O) groups is 1. The molecule has 1 amide bonds. The number of amides is 1. The third-order valence-corrected chi connectivity index (χ3v) is 5.63. The first kappa shape index (κ1) is 20.1. The molecule has 2 N–H and O–H groups in total. The van der Waals surface area contributed by atoms with Gasteiger partial charge < -0.3 is 19.9 Å². The number of hydrogen-bond acceptors (Lipinski definition) is 3. The highest BCUT2D eigenvalue weighted by Gasteiger charge is 2.24. The smallest absolute Gasteiger partial charge is 0.256 e. The third-order valence-electron chi connectivity index (χ3n) is 5.63. The van der Waals surface area contributed by atoms with Crippen molar-refractivity contribution in [3.63, 3.8) is 0 Å². The Kier molecular flexibility index (Phi) is 5.25. The molecule has 4 aromatic rings. The number of likely N-dealkylation sites (N-methyl/N-ethyl adjacent to an activating group) is 1. The lowest BCUT2D eigenvalue weighted by Gasteiger charge is -2.10. The summed E-state index contributed by atoms with van der Waals surface area (Å²) in [6, 6.07) is 24.3. The molecule has 160 valence electrons. The summed E-state index contributed by atoms with van der Waals surface area (Å²) in [7, 11) is 4.05. The zero-order chi connectivity index (χ0) is 22.1. The van der Waals surface area contributed by atoms with Crippen molar-refractivity contribution < 1.29 is 9.53 Å². The minimum atomic E-state index is -0.0865. The molecule has 5 heteroatoms. The van der Waals surface area contributed by atoms with E-state index in [0.29, 0.717) is 12.2 Å². The zero-order valence-electron chi connectivity index (χ0n) is 18.2. The fourth-order valence-electron chi connectivity index (χ4n) is 3.94. The molecular weight excluding hydrogens is 398 g/mol. The van der Waals surface area contributed by atoms with Crippen LogP contribution in [0.4, 0.5) is 5.69 Å². The van der Waals surface area contributed by atoms with Crippen molar-refractivity contribution in [3.8, 4) is 16.9 Å². The molecule has 1 aliphatic heterocycles. The molecule has 0 unspecified atom stereocenters. The number of hydrogen-bond donors (Lipinski definition) is 2. The molecule has 0 fully saturated rings. The first-order chi connectivity index (χ1) is 15.6. The van der Waals surface area contributed by atoms with Gasteiger partial charge in [-0.3, -0.25) is 4.79 Å². The normalized spacial score (nSPS) is 14.2. The van der Waals surface area contributed by atoms with Crippen LogP contribution in [0.2, 0.25) is 0 Å². The Morgan fingerprint density at radius 3 is 2.59 bits per heavy atom. The standard InChI is InChI=1S/C27H25N3O2/c1-30(2)12-13-32-22-9-11-25-20(15-22)14-21(28-25)17-24-23-16-19(18-6-4-3-5-7-18)8-10-26(23)29-27(24)31/h3-11,14-17,28H,12-13H2,1-2H3,(H,29,31). The Labute approximate surface area is 187 Å². The molecular formula is C27H25N3O2. The molecule has 2 heterocycles. The summed E-state index contributed by atoms with van der Waals surface area (Å²) in [5.74, 6) is 0.755. The minimum Gasteiger partial charge on any atom is -0.492 e. The summed E-state index contributed by atoms with van der Waals surface area (Å²) >= 11 is 0. The molecule has 1 aromatic heterocycles. The summed E-state index contributed by atoms with van der Waals surface area (Å²) in [6.07, 6.45) is 1.92. The van der Waals surface area contributed by atoms with E-state index in [4.69, 9.17) is 4.74 Å². The molecule has 0 atom stereocenters. The molecule has 0 aliphatic carbocycles. The van der Waals surface area contributed by atoms with Gasteiger partial charge in [0.1, 0.15) is 12.4 Å². The van der Waals surface area contributed by atoms with E-state index in [9.17, 15) is 4.79 Å². The molecule has 0 radical (unpaired) electrons. The van der Waals surface area contributed by atoms with Crippen molar-refractivity contribution in [2.45, 2.75) is 0 Å². The Hall–Kier alpha value is -3.83. The number of aromatic amines is 1. The van der Waals surface area contributed by atoms with E-state index >= 15 is 0 Å². The minimum absolute atomic E-state index is 0.0865. The van der Waals surface area contributed by atoms with Crippen molar-refractivity contribution in [3.05, 3.63) is 84.1 Å². The van der Waals surface area contributed by atoms with Gasteiger partial charge in [0, 0.05) is 34.4 Å². The van der Waals surface area contributed by atoms with Crippen LogP contribution in [0.3, 0.4) is 0 Å². The molecule has 0 spiro atoms. The number of carbonyl (C=O) groups excluding carboxylic acids is 1. The average molecular weight is 424 g/mol. The quantitative estimate of drug-likeness (QED) is 0.416. The van der Waals surface area contributed by atoms with E-state index in [1.54, 1.807) is 0 Å². The van der Waals surface area contributed by atoms with E-state index in [1.807, 2.05) is 74.8 Å². The van der Waals surface area contributed by atoms with E-state index in [-0.39, 0.29) is 5.91 Å². The number of fused-ring (bicyclic) bond motifs is 2. The van der Waals surface area contributed by atoms with Crippen LogP contribution in [0.25, 0.3) is 33.7 Å². The van der Waals surface area contributed by atoms with Gasteiger partial charge in [-0.2, -0.15) is 0 Å². The second-order valence-corrected chi connectivity index (χ2v) is 8.26. The van der Waals surface area contributed by atoms with Crippen LogP contribution in [0.1, 0.15) is 11.3 Å². The number of aromatic nitrogens is 1. The van der Waals surface area contributed by atoms with Crippen LogP contribution in [0.5, 0.6) is 5.75 Å². The summed E-state index contributed by atoms with van der Waals surface area (Å²) in [4.78, 5) is 18.2. The lowest BCUT2D eigenvalue weighted by atomic mass is 9.99. The highest BCUT2D eigenvalue weighted by atomic mass is 16.5. The molecule has 0 bridgehead atoms. The van der Waals surface area contributed by atoms with Crippen LogP contribution in [0.15, 0.2) is 72.8 Å². The first-order valence-corrected chi connectivity index (χ1v) is 10.7. The van der Waals surface area contributed by atoms with E-state index in [2.05, 4.69) is 33.4 Å². The summed E-state index contributed by atoms with van der Waals surface area (Å²) in [5.41, 5.74) is 6.52. The highest BCUT2D eigenvalue weighted by Crippen LogP contribution is 2.36. The van der Waals surface area contributed by atoms with Gasteiger partial charge in [0.15, 0.2) is 0 Å². The van der Waals surface area contributed by atoms with Crippen molar-refractivity contribution in [2.75, 3.05) is 32.6 Å². The van der Waals surface area contributed by atoms with Crippen molar-refractivity contribution >= 4 is 34.1 Å². The van der Waals surface area contributed by atoms with E-state index in [1.165, 1.54) is 0 Å². The Morgan fingerprint density at radius 2 is 1.78 bits per heavy atom. The number of nitrogens with zero attached hydrogens (tertiary/aromatic N) is 1. The average Bonchev–Trinajstić information content (AvgIpc) is 3.33. The van der Waals surface area contributed by atoms with Gasteiger partial charge in [-0.1, -0.05) is 36.4 Å². The van der Waals surface area contributed by atoms with Crippen molar-refractivity contribution in [1.29, 1.82) is 0 Å². The largest absolute Gasteiger partial charge is 0.492 e. The van der Waals surface area contributed by atoms with Crippen LogP contribution in [-0.2, 0) is 4.79 Å². The number of benzene rings is 3. The maximum absolute atomic E-state index is 12.7. The first-order valence-electron chi connectivity index (χ1n) is 10.7. The monoisotopic (exact) mass is 423 g/mol. The summed E-state index contributed by atoms with van der Waals surface area (Å²) in [6.45, 7) is 1.50. The van der Waals surface area contributed by atoms with Gasteiger partial charge in [0.2, 0.25) is 0 Å².